The van der Waals surface area contributed by atoms with E-state index in [1.54, 1.807) is 0 Å². The summed E-state index contributed by atoms with van der Waals surface area (Å²) in [5, 5.41) is 0. The van der Waals surface area contributed by atoms with Crippen LogP contribution in [0.1, 0.15) is 0 Å². The molecule has 7 radical (unpaired) electrons. The van der Waals surface area contributed by atoms with Crippen molar-refractivity contribution >= 4 is 20.4 Å². The van der Waals surface area contributed by atoms with Crippen LogP contribution < -0.4 is 0 Å². The summed E-state index contributed by atoms with van der Waals surface area (Å²) in [6.45, 7) is 13.5. The van der Waals surface area contributed by atoms with Crippen LogP contribution in [-0.2, 0) is 31.5 Å². The Morgan fingerprint density at radius 3 is 0.571 bits per heavy atom. The summed E-state index contributed by atoms with van der Waals surface area (Å²) in [6, 6.07) is 0. The van der Waals surface area contributed by atoms with Gasteiger partial charge in [0.05, 0.1) is 0 Å². The summed E-state index contributed by atoms with van der Waals surface area (Å²) in [5.41, 5.74) is 0. The molecule has 0 aromatic rings. The standard InChI is InChI=1S/3CO.Cu/c3*1-2;. The first-order valence-electron chi connectivity index (χ1n) is 0.612. The van der Waals surface area contributed by atoms with Crippen LogP contribution >= 0.6 is 0 Å². The van der Waals surface area contributed by atoms with Gasteiger partial charge < -0.3 is 0 Å². The molecule has 0 aromatic carbocycles. The van der Waals surface area contributed by atoms with Gasteiger partial charge in [0.25, 0.3) is 20.4 Å². The minimum absolute atomic E-state index is 0. The van der Waals surface area contributed by atoms with Crippen LogP contribution in [0.15, 0.2) is 0 Å². The molecule has 0 saturated heterocycles. The molecular formula is C3CuO3. The number of hydrogen-bond acceptors (Lipinski definition) is 3. The van der Waals surface area contributed by atoms with E-state index in [1.165, 1.54) is 0 Å². The van der Waals surface area contributed by atoms with Crippen LogP contribution in [0.5, 0.6) is 0 Å². The fourth-order valence-corrected chi connectivity index (χ4v) is 0. The van der Waals surface area contributed by atoms with Gasteiger partial charge in [0, 0.05) is 17.1 Å². The summed E-state index contributed by atoms with van der Waals surface area (Å²) in [7, 11) is 0. The Morgan fingerprint density at radius 2 is 0.571 bits per heavy atom. The van der Waals surface area contributed by atoms with Crippen molar-refractivity contribution in [2.24, 2.45) is 0 Å². The molecule has 0 aliphatic carbocycles. The van der Waals surface area contributed by atoms with Crippen molar-refractivity contribution < 1.29 is 31.5 Å². The number of rotatable bonds is 0. The van der Waals surface area contributed by atoms with E-state index < -0.39 is 0 Å². The van der Waals surface area contributed by atoms with Crippen molar-refractivity contribution in [1.29, 1.82) is 0 Å². The molecule has 0 aliphatic rings. The third-order valence-corrected chi connectivity index (χ3v) is 0. The first-order chi connectivity index (χ1) is 3.00. The average molecular weight is 148 g/mol. The van der Waals surface area contributed by atoms with E-state index >= 15 is 0 Å². The van der Waals surface area contributed by atoms with Crippen LogP contribution in [0.25, 0.3) is 0 Å². The zero-order chi connectivity index (χ0) is 6.00. The van der Waals surface area contributed by atoms with E-state index in [0.717, 1.165) is 0 Å². The minimum Gasteiger partial charge on any atom is -0.281 e. The van der Waals surface area contributed by atoms with Gasteiger partial charge in [0.2, 0.25) is 0 Å². The number of hydrogen-bond donors (Lipinski definition) is 0. The average Bonchev–Trinajstić information content (AvgIpc) is 1.81. The van der Waals surface area contributed by atoms with Gasteiger partial charge in [0.15, 0.2) is 0 Å². The molecule has 0 amide bonds. The van der Waals surface area contributed by atoms with Crippen LogP contribution in [0, 0.1) is 0 Å². The molecule has 0 unspecified atom stereocenters. The summed E-state index contributed by atoms with van der Waals surface area (Å²) in [6.07, 6.45) is 0. The third kappa shape index (κ3) is 311. The summed E-state index contributed by atoms with van der Waals surface area (Å²) >= 11 is 0. The maximum Gasteiger partial charge on any atom is 0.281 e. The van der Waals surface area contributed by atoms with Gasteiger partial charge in [-0.3, -0.25) is 14.4 Å². The fourth-order valence-electron chi connectivity index (χ4n) is 0. The third-order valence-electron chi connectivity index (χ3n) is 0. The van der Waals surface area contributed by atoms with Gasteiger partial charge in [-0.25, -0.2) is 0 Å². The molecular weight excluding hydrogens is 148 g/mol. The van der Waals surface area contributed by atoms with E-state index in [9.17, 15) is 0 Å². The Kier molecular flexibility index (Phi) is 2280. The zero-order valence-electron chi connectivity index (χ0n) is 3.03. The predicted molar refractivity (Wildman–Crippen MR) is 17.1 cm³/mol. The summed E-state index contributed by atoms with van der Waals surface area (Å²) in [4.78, 5) is 22.5. The quantitative estimate of drug-likeness (QED) is 0.405. The Labute approximate surface area is 52.6 Å². The van der Waals surface area contributed by atoms with E-state index in [2.05, 4.69) is 20.4 Å². The molecule has 0 fully saturated rings. The maximum absolute atomic E-state index is 7.50. The molecule has 0 bridgehead atoms. The van der Waals surface area contributed by atoms with Gasteiger partial charge >= 0.3 is 0 Å². The van der Waals surface area contributed by atoms with Crippen molar-refractivity contribution in [1.82, 2.24) is 0 Å². The van der Waals surface area contributed by atoms with E-state index in [-0.39, 0.29) is 17.1 Å². The molecule has 0 spiro atoms. The maximum atomic E-state index is 7.50. The van der Waals surface area contributed by atoms with Gasteiger partial charge in [-0.15, -0.1) is 0 Å². The topological polar surface area (TPSA) is 51.2 Å². The normalized spacial score (nSPS) is 1.71. The molecule has 3 nitrogen and oxygen atoms in total. The van der Waals surface area contributed by atoms with Crippen LogP contribution in [0.3, 0.4) is 0 Å². The van der Waals surface area contributed by atoms with Crippen LogP contribution in [-0.4, -0.2) is 20.4 Å². The Hall–Kier alpha value is -0.471. The molecule has 0 aliphatic heterocycles. The van der Waals surface area contributed by atoms with Crippen LogP contribution in [0.2, 0.25) is 0 Å². The van der Waals surface area contributed by atoms with Crippen molar-refractivity contribution in [3.63, 3.8) is 0 Å². The molecule has 0 rings (SSSR count). The van der Waals surface area contributed by atoms with Crippen molar-refractivity contribution in [2.75, 3.05) is 0 Å². The fraction of sp³-hybridized carbons (Fsp3) is 0. The molecule has 4 heteroatoms. The van der Waals surface area contributed by atoms with Gasteiger partial charge in [0.1, 0.15) is 0 Å². The van der Waals surface area contributed by atoms with Crippen molar-refractivity contribution in [3.05, 3.63) is 0 Å². The number of carbonyl (C=O) groups excluding carboxylic acids is 3. The second-order valence-corrected chi connectivity index (χ2v) is 0. The molecule has 0 N–H and O–H groups in total. The second-order valence-electron chi connectivity index (χ2n) is 0. The monoisotopic (exact) mass is 147 g/mol. The minimum atomic E-state index is 0. The predicted octanol–water partition coefficient (Wildman–Crippen LogP) is -1.19. The van der Waals surface area contributed by atoms with Gasteiger partial charge in [-0.05, 0) is 0 Å². The largest absolute Gasteiger partial charge is 0.281 e. The summed E-state index contributed by atoms with van der Waals surface area (Å²) < 4.78 is 0. The van der Waals surface area contributed by atoms with Gasteiger partial charge in [-0.1, -0.05) is 0 Å². The summed E-state index contributed by atoms with van der Waals surface area (Å²) in [5.74, 6) is 0. The van der Waals surface area contributed by atoms with E-state index in [0.29, 0.717) is 0 Å². The molecule has 7 heavy (non-hydrogen) atoms. The SMILES string of the molecule is [C]=O.[C]=O.[C]=O.[Cu]. The molecule has 0 saturated carbocycles. The second kappa shape index (κ2) is 512. The Morgan fingerprint density at radius 1 is 0.571 bits per heavy atom. The van der Waals surface area contributed by atoms with Crippen molar-refractivity contribution in [2.45, 2.75) is 0 Å². The van der Waals surface area contributed by atoms with Crippen LogP contribution in [0.4, 0.5) is 0 Å². The molecule has 0 aromatic heterocycles. The first-order valence-corrected chi connectivity index (χ1v) is 0.612. The smallest absolute Gasteiger partial charge is 0.281 e. The van der Waals surface area contributed by atoms with E-state index in [1.807, 2.05) is 0 Å². The van der Waals surface area contributed by atoms with Gasteiger partial charge in [-0.2, -0.15) is 0 Å². The first kappa shape index (κ1) is 31.2. The van der Waals surface area contributed by atoms with E-state index in [4.69, 9.17) is 14.4 Å². The zero-order valence-corrected chi connectivity index (χ0v) is 3.97. The molecule has 0 heterocycles. The Bertz CT molecular complexity index is 14.9. The Balaban J connectivity index is -0.00000000900. The molecule has 41 valence electrons. The molecule has 0 atom stereocenters. The van der Waals surface area contributed by atoms with Crippen molar-refractivity contribution in [3.8, 4) is 0 Å².